The van der Waals surface area contributed by atoms with E-state index in [1.807, 2.05) is 6.92 Å². The molecule has 224 valence electrons. The van der Waals surface area contributed by atoms with Gasteiger partial charge >= 0.3 is 12.6 Å². The average Bonchev–Trinajstić information content (AvgIpc) is 3.80. The molecular formula is C28H31F2N5O6S. The second kappa shape index (κ2) is 12.2. The van der Waals surface area contributed by atoms with Crippen LogP contribution in [0.2, 0.25) is 0 Å². The topological polar surface area (TPSA) is 143 Å². The van der Waals surface area contributed by atoms with Crippen LogP contribution in [0.15, 0.2) is 59.5 Å². The van der Waals surface area contributed by atoms with Gasteiger partial charge in [-0.15, -0.1) is 0 Å². The number of aliphatic hydroxyl groups excluding tert-OH is 1. The van der Waals surface area contributed by atoms with Gasteiger partial charge in [0.25, 0.3) is 0 Å². The van der Waals surface area contributed by atoms with E-state index in [2.05, 4.69) is 20.3 Å². The van der Waals surface area contributed by atoms with Gasteiger partial charge in [0.1, 0.15) is 16.3 Å². The first kappa shape index (κ1) is 29.6. The number of hydrogen-bond acceptors (Lipinski definition) is 9. The van der Waals surface area contributed by atoms with Gasteiger partial charge in [0.15, 0.2) is 15.7 Å². The summed E-state index contributed by atoms with van der Waals surface area (Å²) in [6, 6.07) is 13.0. The van der Waals surface area contributed by atoms with Gasteiger partial charge in [0.05, 0.1) is 36.5 Å². The van der Waals surface area contributed by atoms with Crippen molar-refractivity contribution in [1.82, 2.24) is 15.3 Å². The Morgan fingerprint density at radius 3 is 2.50 bits per heavy atom. The summed E-state index contributed by atoms with van der Waals surface area (Å²) in [5.74, 6) is 0.753. The number of aromatic nitrogens is 2. The van der Waals surface area contributed by atoms with Crippen LogP contribution in [0, 0.1) is 0 Å². The highest BCUT2D eigenvalue weighted by Gasteiger charge is 2.58. The van der Waals surface area contributed by atoms with E-state index < -0.39 is 27.2 Å². The number of nitrogens with zero attached hydrogens (tertiary/aromatic N) is 3. The standard InChI is InChI=1S/C28H31F2N5O6S/c1-18-17-40-15-13-35(18)24-16-23(28(10-11-28)42(38,39)22-8-6-21(7-9-22)41-26(29)30)33-25(34-24)19-2-4-20(5-3-19)32-27(37)31-12-14-36/h2-9,16,18,26,36H,10-15,17H2,1H3,(H2,31,32,37)/t18-/m0/s1. The predicted octanol–water partition coefficient (Wildman–Crippen LogP) is 3.55. The van der Waals surface area contributed by atoms with Crippen molar-refractivity contribution in [3.63, 3.8) is 0 Å². The molecule has 11 nitrogen and oxygen atoms in total. The Hall–Kier alpha value is -3.88. The maximum absolute atomic E-state index is 13.9. The zero-order valence-electron chi connectivity index (χ0n) is 22.8. The summed E-state index contributed by atoms with van der Waals surface area (Å²) in [5.41, 5.74) is 1.47. The molecule has 3 N–H and O–H groups in total. The maximum atomic E-state index is 13.9. The second-order valence-electron chi connectivity index (χ2n) is 10.1. The Bertz CT molecular complexity index is 1520. The number of alkyl halides is 2. The molecule has 2 aromatic carbocycles. The zero-order valence-corrected chi connectivity index (χ0v) is 23.6. The van der Waals surface area contributed by atoms with Gasteiger partial charge in [-0.05, 0) is 68.3 Å². The first-order chi connectivity index (χ1) is 20.1. The molecule has 2 heterocycles. The van der Waals surface area contributed by atoms with Gasteiger partial charge in [0, 0.05) is 30.4 Å². The highest BCUT2D eigenvalue weighted by Crippen LogP contribution is 2.55. The third-order valence-electron chi connectivity index (χ3n) is 7.22. The van der Waals surface area contributed by atoms with Crippen molar-refractivity contribution in [3.8, 4) is 17.1 Å². The minimum Gasteiger partial charge on any atom is -0.435 e. The lowest BCUT2D eigenvalue weighted by Crippen LogP contribution is -2.44. The zero-order chi connectivity index (χ0) is 29.9. The number of aliphatic hydroxyl groups is 1. The number of urea groups is 1. The van der Waals surface area contributed by atoms with E-state index in [4.69, 9.17) is 19.8 Å². The van der Waals surface area contributed by atoms with Crippen LogP contribution in [0.25, 0.3) is 11.4 Å². The molecular weight excluding hydrogens is 572 g/mol. The number of anilines is 2. The normalized spacial score (nSPS) is 18.0. The van der Waals surface area contributed by atoms with Crippen LogP contribution in [0.4, 0.5) is 25.1 Å². The molecule has 0 spiro atoms. The van der Waals surface area contributed by atoms with Crippen molar-refractivity contribution < 1.29 is 36.6 Å². The molecule has 0 radical (unpaired) electrons. The summed E-state index contributed by atoms with van der Waals surface area (Å²) in [5, 5.41) is 14.1. The van der Waals surface area contributed by atoms with Crippen LogP contribution in [0.1, 0.15) is 25.5 Å². The van der Waals surface area contributed by atoms with Gasteiger partial charge in [-0.25, -0.2) is 23.2 Å². The largest absolute Gasteiger partial charge is 0.435 e. The Morgan fingerprint density at radius 2 is 1.88 bits per heavy atom. The molecule has 1 aromatic heterocycles. The lowest BCUT2D eigenvalue weighted by atomic mass is 10.1. The van der Waals surface area contributed by atoms with Crippen molar-refractivity contribution in [2.45, 2.75) is 42.1 Å². The number of amides is 2. The third kappa shape index (κ3) is 6.15. The third-order valence-corrected chi connectivity index (χ3v) is 9.76. The fourth-order valence-electron chi connectivity index (χ4n) is 4.86. The van der Waals surface area contributed by atoms with Crippen LogP contribution in [-0.2, 0) is 19.3 Å². The highest BCUT2D eigenvalue weighted by molar-refractivity contribution is 7.92. The maximum Gasteiger partial charge on any atom is 0.387 e. The van der Waals surface area contributed by atoms with Crippen molar-refractivity contribution >= 4 is 27.4 Å². The SMILES string of the molecule is C[C@H]1COCCN1c1cc(C2(S(=O)(=O)c3ccc(OC(F)F)cc3)CC2)nc(-c2ccc(NC(=O)NCCO)cc2)n1. The molecule has 42 heavy (non-hydrogen) atoms. The number of benzene rings is 2. The van der Waals surface area contributed by atoms with Crippen molar-refractivity contribution in [3.05, 3.63) is 60.3 Å². The van der Waals surface area contributed by atoms with Crippen LogP contribution < -0.4 is 20.3 Å². The molecule has 0 unspecified atom stereocenters. The molecule has 1 saturated carbocycles. The van der Waals surface area contributed by atoms with Crippen molar-refractivity contribution in [2.24, 2.45) is 0 Å². The fraction of sp³-hybridized carbons (Fsp3) is 0.393. The Balaban J connectivity index is 1.51. The molecule has 1 aliphatic carbocycles. The molecule has 2 aliphatic rings. The number of nitrogens with one attached hydrogen (secondary N) is 2. The summed E-state index contributed by atoms with van der Waals surface area (Å²) < 4.78 is 61.7. The first-order valence-corrected chi connectivity index (χ1v) is 14.9. The molecule has 14 heteroatoms. The molecule has 5 rings (SSSR count). The summed E-state index contributed by atoms with van der Waals surface area (Å²) in [7, 11) is -3.96. The number of ether oxygens (including phenoxy) is 2. The number of carbonyl (C=O) groups excluding carboxylic acids is 1. The average molecular weight is 604 g/mol. The second-order valence-corrected chi connectivity index (χ2v) is 12.3. The van der Waals surface area contributed by atoms with E-state index in [0.717, 1.165) is 0 Å². The van der Waals surface area contributed by atoms with E-state index in [1.54, 1.807) is 30.3 Å². The van der Waals surface area contributed by atoms with Crippen LogP contribution in [-0.4, -0.2) is 75.1 Å². The smallest absolute Gasteiger partial charge is 0.387 e. The number of hydrogen-bond donors (Lipinski definition) is 3. The van der Waals surface area contributed by atoms with Gasteiger partial charge < -0.3 is 30.1 Å². The Kier molecular flexibility index (Phi) is 8.57. The molecule has 2 amide bonds. The number of sulfone groups is 1. The highest BCUT2D eigenvalue weighted by atomic mass is 32.2. The molecule has 1 saturated heterocycles. The van der Waals surface area contributed by atoms with E-state index in [9.17, 15) is 22.0 Å². The molecule has 3 aromatic rings. The monoisotopic (exact) mass is 603 g/mol. The van der Waals surface area contributed by atoms with E-state index in [0.29, 0.717) is 61.2 Å². The first-order valence-electron chi connectivity index (χ1n) is 13.4. The number of halogens is 2. The lowest BCUT2D eigenvalue weighted by Gasteiger charge is -2.34. The number of carbonyl (C=O) groups is 1. The van der Waals surface area contributed by atoms with Crippen molar-refractivity contribution in [1.29, 1.82) is 0 Å². The minimum atomic E-state index is -3.96. The van der Waals surface area contributed by atoms with Crippen LogP contribution >= 0.6 is 0 Å². The Labute approximate surface area is 241 Å². The van der Waals surface area contributed by atoms with Gasteiger partial charge in [-0.2, -0.15) is 8.78 Å². The van der Waals surface area contributed by atoms with Gasteiger partial charge in [0.2, 0.25) is 0 Å². The number of morpholine rings is 1. The van der Waals surface area contributed by atoms with Gasteiger partial charge in [-0.3, -0.25) is 0 Å². The van der Waals surface area contributed by atoms with E-state index in [1.165, 1.54) is 24.3 Å². The fourth-order valence-corrected chi connectivity index (χ4v) is 6.83. The lowest BCUT2D eigenvalue weighted by molar-refractivity contribution is -0.0498. The quantitative estimate of drug-likeness (QED) is 0.317. The summed E-state index contributed by atoms with van der Waals surface area (Å²) in [6.07, 6.45) is 0.677. The van der Waals surface area contributed by atoms with E-state index >= 15 is 0 Å². The molecule has 1 atom stereocenters. The van der Waals surface area contributed by atoms with E-state index in [-0.39, 0.29) is 29.8 Å². The molecule has 2 fully saturated rings. The Morgan fingerprint density at radius 1 is 1.17 bits per heavy atom. The molecule has 0 bridgehead atoms. The van der Waals surface area contributed by atoms with Crippen molar-refractivity contribution in [2.75, 3.05) is 43.1 Å². The minimum absolute atomic E-state index is 0.00695. The van der Waals surface area contributed by atoms with Crippen LogP contribution in [0.5, 0.6) is 5.75 Å². The number of rotatable bonds is 10. The summed E-state index contributed by atoms with van der Waals surface area (Å²) in [4.78, 5) is 23.5. The molecule has 1 aliphatic heterocycles. The summed E-state index contributed by atoms with van der Waals surface area (Å²) in [6.45, 7) is 0.462. The predicted molar refractivity (Wildman–Crippen MR) is 150 cm³/mol. The summed E-state index contributed by atoms with van der Waals surface area (Å²) >= 11 is 0. The van der Waals surface area contributed by atoms with Crippen LogP contribution in [0.3, 0.4) is 0 Å². The van der Waals surface area contributed by atoms with Gasteiger partial charge in [-0.1, -0.05) is 0 Å².